The number of fused-ring (bicyclic) bond motifs is 3. The topological polar surface area (TPSA) is 51.3 Å². The maximum Gasteiger partial charge on any atom is 0.419 e. The molecule has 4 nitrogen and oxygen atoms in total. The molecule has 0 radical (unpaired) electrons. The number of rotatable bonds is 7. The molecule has 0 amide bonds. The van der Waals surface area contributed by atoms with Gasteiger partial charge in [-0.1, -0.05) is 6.07 Å². The number of alkyl halides is 3. The average molecular weight is 445 g/mol. The Morgan fingerprint density at radius 2 is 1.97 bits per heavy atom. The van der Waals surface area contributed by atoms with Crippen molar-refractivity contribution < 1.29 is 27.4 Å². The molecule has 4 rings (SSSR count). The van der Waals surface area contributed by atoms with Crippen LogP contribution in [-0.4, -0.2) is 16.9 Å². The van der Waals surface area contributed by atoms with Gasteiger partial charge in [-0.15, -0.1) is 0 Å². The molecule has 0 fully saturated rings. The van der Waals surface area contributed by atoms with E-state index in [1.807, 2.05) is 12.1 Å². The van der Waals surface area contributed by atoms with Crippen molar-refractivity contribution in [2.75, 3.05) is 0 Å². The van der Waals surface area contributed by atoms with Crippen molar-refractivity contribution in [3.63, 3.8) is 0 Å². The quantitative estimate of drug-likeness (QED) is 0.448. The molecule has 1 aliphatic carbocycles. The van der Waals surface area contributed by atoms with Gasteiger partial charge >= 0.3 is 6.18 Å². The number of hydrogen-bond acceptors (Lipinski definition) is 3. The highest BCUT2D eigenvalue weighted by molar-refractivity contribution is 5.87. The molecule has 7 heteroatoms. The lowest BCUT2D eigenvalue weighted by atomic mass is 10.0. The van der Waals surface area contributed by atoms with Crippen molar-refractivity contribution in [2.24, 2.45) is 0 Å². The Morgan fingerprint density at radius 3 is 2.66 bits per heavy atom. The first-order valence-corrected chi connectivity index (χ1v) is 10.8. The number of carbonyl (C=O) groups excluding carboxylic acids is 1. The van der Waals surface area contributed by atoms with E-state index in [4.69, 9.17) is 9.47 Å². The molecule has 1 N–H and O–H groups in total. The fourth-order valence-corrected chi connectivity index (χ4v) is 4.38. The number of benzene rings is 2. The molecule has 0 bridgehead atoms. The van der Waals surface area contributed by atoms with Gasteiger partial charge in [0.1, 0.15) is 23.9 Å². The minimum absolute atomic E-state index is 0.0100. The van der Waals surface area contributed by atoms with Crippen LogP contribution in [0.1, 0.15) is 61.9 Å². The Bertz CT molecular complexity index is 1150. The second kappa shape index (κ2) is 8.52. The van der Waals surface area contributed by atoms with Gasteiger partial charge in [0, 0.05) is 28.9 Å². The zero-order valence-corrected chi connectivity index (χ0v) is 18.3. The summed E-state index contributed by atoms with van der Waals surface area (Å²) in [5.41, 5.74) is 2.90. The van der Waals surface area contributed by atoms with Crippen LogP contribution < -0.4 is 9.47 Å². The van der Waals surface area contributed by atoms with E-state index in [0.29, 0.717) is 17.7 Å². The van der Waals surface area contributed by atoms with Crippen LogP contribution in [0.5, 0.6) is 11.5 Å². The molecule has 0 spiro atoms. The SMILES string of the molecule is CC(=O)CC1CCc2c1[nH]c1ccc(OCc3ccc(OC(C)C)c(C(F)(F)F)c3)cc21. The van der Waals surface area contributed by atoms with Gasteiger partial charge in [0.2, 0.25) is 0 Å². The molecule has 1 aromatic heterocycles. The van der Waals surface area contributed by atoms with Crippen molar-refractivity contribution >= 4 is 16.7 Å². The number of halogens is 3. The number of H-pyrrole nitrogens is 1. The van der Waals surface area contributed by atoms with Gasteiger partial charge in [0.05, 0.1) is 11.7 Å². The van der Waals surface area contributed by atoms with Crippen LogP contribution in [0.25, 0.3) is 10.9 Å². The van der Waals surface area contributed by atoms with Crippen LogP contribution in [0, 0.1) is 0 Å². The summed E-state index contributed by atoms with van der Waals surface area (Å²) in [7, 11) is 0. The van der Waals surface area contributed by atoms with E-state index in [9.17, 15) is 18.0 Å². The van der Waals surface area contributed by atoms with Gasteiger partial charge in [-0.05, 0) is 75.1 Å². The van der Waals surface area contributed by atoms with Crippen LogP contribution in [0.15, 0.2) is 36.4 Å². The molecule has 0 aliphatic heterocycles. The van der Waals surface area contributed by atoms with Gasteiger partial charge in [0.25, 0.3) is 0 Å². The number of carbonyl (C=O) groups is 1. The lowest BCUT2D eigenvalue weighted by Crippen LogP contribution is -2.13. The lowest BCUT2D eigenvalue weighted by Gasteiger charge is -2.17. The van der Waals surface area contributed by atoms with Gasteiger partial charge in [0.15, 0.2) is 0 Å². The summed E-state index contributed by atoms with van der Waals surface area (Å²) in [6.07, 6.45) is -2.51. The summed E-state index contributed by atoms with van der Waals surface area (Å²) in [4.78, 5) is 15.0. The number of nitrogens with one attached hydrogen (secondary N) is 1. The summed E-state index contributed by atoms with van der Waals surface area (Å²) in [6.45, 7) is 5.00. The fourth-order valence-electron chi connectivity index (χ4n) is 4.38. The highest BCUT2D eigenvalue weighted by Crippen LogP contribution is 2.41. The Balaban J connectivity index is 1.54. The molecule has 1 heterocycles. The molecule has 1 atom stereocenters. The van der Waals surface area contributed by atoms with Gasteiger partial charge < -0.3 is 19.3 Å². The number of aromatic amines is 1. The number of ketones is 1. The zero-order valence-electron chi connectivity index (χ0n) is 18.3. The molecule has 2 aromatic carbocycles. The Hall–Kier alpha value is -2.96. The van der Waals surface area contributed by atoms with Crippen molar-refractivity contribution in [1.29, 1.82) is 0 Å². The van der Waals surface area contributed by atoms with Crippen LogP contribution in [-0.2, 0) is 24.0 Å². The average Bonchev–Trinajstić information content (AvgIpc) is 3.25. The van der Waals surface area contributed by atoms with E-state index in [2.05, 4.69) is 4.98 Å². The number of hydrogen-bond donors (Lipinski definition) is 1. The van der Waals surface area contributed by atoms with E-state index in [0.717, 1.165) is 35.5 Å². The first kappa shape index (κ1) is 22.2. The van der Waals surface area contributed by atoms with Gasteiger partial charge in [-0.25, -0.2) is 0 Å². The molecule has 3 aromatic rings. The highest BCUT2D eigenvalue weighted by atomic mass is 19.4. The van der Waals surface area contributed by atoms with E-state index < -0.39 is 11.7 Å². The van der Waals surface area contributed by atoms with Gasteiger partial charge in [-0.2, -0.15) is 13.2 Å². The summed E-state index contributed by atoms with van der Waals surface area (Å²) < 4.78 is 51.6. The third-order valence-corrected chi connectivity index (χ3v) is 5.71. The summed E-state index contributed by atoms with van der Waals surface area (Å²) in [5.74, 6) is 0.797. The number of aromatic nitrogens is 1. The van der Waals surface area contributed by atoms with E-state index in [1.165, 1.54) is 11.6 Å². The lowest BCUT2D eigenvalue weighted by molar-refractivity contribution is -0.139. The molecule has 1 unspecified atom stereocenters. The molecule has 170 valence electrons. The largest absolute Gasteiger partial charge is 0.490 e. The third kappa shape index (κ3) is 4.61. The first-order valence-electron chi connectivity index (χ1n) is 10.8. The van der Waals surface area contributed by atoms with E-state index >= 15 is 0 Å². The van der Waals surface area contributed by atoms with Gasteiger partial charge in [-0.3, -0.25) is 0 Å². The maximum absolute atomic E-state index is 13.5. The van der Waals surface area contributed by atoms with Crippen molar-refractivity contribution in [2.45, 2.75) is 64.8 Å². The van der Waals surface area contributed by atoms with Crippen LogP contribution >= 0.6 is 0 Å². The fraction of sp³-hybridized carbons (Fsp3) is 0.400. The molecule has 0 saturated carbocycles. The summed E-state index contributed by atoms with van der Waals surface area (Å²) in [6, 6.07) is 9.65. The van der Waals surface area contributed by atoms with Crippen molar-refractivity contribution in [3.05, 3.63) is 58.8 Å². The van der Waals surface area contributed by atoms with Crippen LogP contribution in [0.4, 0.5) is 13.2 Å². The van der Waals surface area contributed by atoms with E-state index in [1.54, 1.807) is 32.9 Å². The highest BCUT2D eigenvalue weighted by Gasteiger charge is 2.35. The summed E-state index contributed by atoms with van der Waals surface area (Å²) in [5, 5.41) is 1.04. The number of aryl methyl sites for hydroxylation is 1. The Kier molecular flexibility index (Phi) is 5.93. The minimum atomic E-state index is -4.51. The molecule has 0 saturated heterocycles. The molecular weight excluding hydrogens is 419 g/mol. The molecular formula is C25H26F3NO3. The Labute approximate surface area is 184 Å². The second-order valence-corrected chi connectivity index (χ2v) is 8.65. The minimum Gasteiger partial charge on any atom is -0.490 e. The monoisotopic (exact) mass is 445 g/mol. The van der Waals surface area contributed by atoms with E-state index in [-0.39, 0.29) is 30.2 Å². The van der Waals surface area contributed by atoms with Crippen molar-refractivity contribution in [3.8, 4) is 11.5 Å². The first-order chi connectivity index (χ1) is 15.1. The normalized spacial score (nSPS) is 15.9. The zero-order chi connectivity index (χ0) is 23.0. The second-order valence-electron chi connectivity index (χ2n) is 8.65. The molecule has 1 aliphatic rings. The van der Waals surface area contributed by atoms with Crippen LogP contribution in [0.2, 0.25) is 0 Å². The third-order valence-electron chi connectivity index (χ3n) is 5.71. The Morgan fingerprint density at radius 1 is 1.19 bits per heavy atom. The standard InChI is InChI=1S/C25H26F3NO3/c1-14(2)32-23-9-4-16(11-21(23)25(26,27)28)13-31-18-6-8-22-20(12-18)19-7-5-17(10-15(3)30)24(19)29-22/h4,6,8-9,11-12,14,17,29H,5,7,10,13H2,1-3H3. The molecule has 32 heavy (non-hydrogen) atoms. The number of ether oxygens (including phenoxy) is 2. The van der Waals surface area contributed by atoms with Crippen LogP contribution in [0.3, 0.4) is 0 Å². The summed E-state index contributed by atoms with van der Waals surface area (Å²) >= 11 is 0. The predicted molar refractivity (Wildman–Crippen MR) is 116 cm³/mol. The predicted octanol–water partition coefficient (Wildman–Crippen LogP) is 6.56. The maximum atomic E-state index is 13.5. The number of Topliss-reactive ketones (excluding diaryl/α,β-unsaturated/α-hetero) is 1. The van der Waals surface area contributed by atoms with Crippen molar-refractivity contribution in [1.82, 2.24) is 4.98 Å². The smallest absolute Gasteiger partial charge is 0.419 e.